The van der Waals surface area contributed by atoms with Crippen molar-refractivity contribution in [3.05, 3.63) is 36.7 Å². The van der Waals surface area contributed by atoms with Crippen molar-refractivity contribution in [1.82, 2.24) is 9.78 Å². The molecule has 14 heavy (non-hydrogen) atoms. The smallest absolute Gasteiger partial charge is 0.116 e. The number of aromatic hydroxyl groups is 1. The summed E-state index contributed by atoms with van der Waals surface area (Å²) in [5, 5.41) is 13.1. The molecule has 1 heterocycles. The van der Waals surface area contributed by atoms with E-state index >= 15 is 0 Å². The van der Waals surface area contributed by atoms with Crippen LogP contribution in [0.15, 0.2) is 36.7 Å². The molecule has 0 radical (unpaired) electrons. The number of rotatable bonds is 1. The van der Waals surface area contributed by atoms with Crippen LogP contribution in [0.5, 0.6) is 5.75 Å². The van der Waals surface area contributed by atoms with E-state index in [1.54, 1.807) is 24.3 Å². The van der Waals surface area contributed by atoms with Gasteiger partial charge in [-0.15, -0.1) is 12.4 Å². The number of aryl methyl sites for hydroxylation is 1. The Kier molecular flexibility index (Phi) is 2.05. The Morgan fingerprint density at radius 2 is 2.29 bits per heavy atom. The summed E-state index contributed by atoms with van der Waals surface area (Å²) >= 11 is 0. The second kappa shape index (κ2) is 4.15. The first-order valence-electron chi connectivity index (χ1n) is 5.31. The molecule has 4 heteroatoms. The SMILES string of the molecule is Cl.[2H]C([2H])([2H])n1cc(-c2cccc(O)c2)cn1. The van der Waals surface area contributed by atoms with Gasteiger partial charge in [0.2, 0.25) is 0 Å². The highest BCUT2D eigenvalue weighted by Gasteiger charge is 1.99. The summed E-state index contributed by atoms with van der Waals surface area (Å²) in [6, 6.07) is 6.58. The van der Waals surface area contributed by atoms with Gasteiger partial charge in [0.25, 0.3) is 0 Å². The van der Waals surface area contributed by atoms with Gasteiger partial charge < -0.3 is 5.11 Å². The highest BCUT2D eigenvalue weighted by Crippen LogP contribution is 2.21. The molecule has 1 aromatic heterocycles. The predicted octanol–water partition coefficient (Wildman–Crippen LogP) is 2.21. The topological polar surface area (TPSA) is 38.0 Å². The summed E-state index contributed by atoms with van der Waals surface area (Å²) in [5.74, 6) is 0.138. The zero-order chi connectivity index (χ0) is 11.8. The number of phenolic OH excluding ortho intramolecular Hbond substituents is 1. The average Bonchev–Trinajstić information content (AvgIpc) is 2.65. The lowest BCUT2D eigenvalue weighted by Gasteiger charge is -1.96. The molecule has 2 aromatic rings. The minimum atomic E-state index is -2.27. The predicted molar refractivity (Wildman–Crippen MR) is 57.6 cm³/mol. The molecule has 0 saturated heterocycles. The van der Waals surface area contributed by atoms with Gasteiger partial charge in [-0.25, -0.2) is 0 Å². The van der Waals surface area contributed by atoms with Crippen molar-refractivity contribution in [1.29, 1.82) is 0 Å². The van der Waals surface area contributed by atoms with Gasteiger partial charge in [0, 0.05) is 22.8 Å². The maximum Gasteiger partial charge on any atom is 0.116 e. The second-order valence-electron chi connectivity index (χ2n) is 2.72. The molecule has 0 amide bonds. The average molecular weight is 214 g/mol. The summed E-state index contributed by atoms with van der Waals surface area (Å²) in [4.78, 5) is 0. The van der Waals surface area contributed by atoms with Gasteiger partial charge in [0.15, 0.2) is 0 Å². The first kappa shape index (κ1) is 6.90. The Bertz CT molecular complexity index is 510. The standard InChI is InChI=1S/C10H10N2O.ClH/c1-12-7-9(6-11-12)8-3-2-4-10(13)5-8;/h2-7,13H,1H3;1H/i1D3;. The van der Waals surface area contributed by atoms with E-state index in [9.17, 15) is 5.11 Å². The van der Waals surface area contributed by atoms with Crippen LogP contribution in [0, 0.1) is 0 Å². The van der Waals surface area contributed by atoms with Crippen LogP contribution in [-0.2, 0) is 6.98 Å². The number of hydrogen-bond acceptors (Lipinski definition) is 2. The molecule has 0 atom stereocenters. The zero-order valence-electron chi connectivity index (χ0n) is 10.2. The molecule has 0 spiro atoms. The molecule has 0 unspecified atom stereocenters. The van der Waals surface area contributed by atoms with Crippen molar-refractivity contribution in [2.75, 3.05) is 0 Å². The second-order valence-corrected chi connectivity index (χ2v) is 2.72. The van der Waals surface area contributed by atoms with Gasteiger partial charge in [-0.2, -0.15) is 5.10 Å². The third kappa shape index (κ3) is 2.06. The van der Waals surface area contributed by atoms with Crippen LogP contribution in [0.3, 0.4) is 0 Å². The molecular formula is C10H11ClN2O. The summed E-state index contributed by atoms with van der Waals surface area (Å²) in [6.07, 6.45) is 2.89. The summed E-state index contributed by atoms with van der Waals surface area (Å²) in [5.41, 5.74) is 1.39. The summed E-state index contributed by atoms with van der Waals surface area (Å²) < 4.78 is 22.4. The molecule has 2 rings (SSSR count). The van der Waals surface area contributed by atoms with Gasteiger partial charge in [-0.1, -0.05) is 12.1 Å². The molecular weight excluding hydrogens is 200 g/mol. The van der Waals surface area contributed by atoms with Crippen molar-refractivity contribution in [3.63, 3.8) is 0 Å². The molecule has 0 saturated carbocycles. The summed E-state index contributed by atoms with van der Waals surface area (Å²) in [7, 11) is 0. The van der Waals surface area contributed by atoms with Crippen molar-refractivity contribution in [2.45, 2.75) is 0 Å². The van der Waals surface area contributed by atoms with Crippen LogP contribution in [0.4, 0.5) is 0 Å². The van der Waals surface area contributed by atoms with Gasteiger partial charge in [0.1, 0.15) is 5.75 Å². The lowest BCUT2D eigenvalue weighted by atomic mass is 10.1. The molecule has 74 valence electrons. The maximum atomic E-state index is 9.30. The van der Waals surface area contributed by atoms with Crippen molar-refractivity contribution < 1.29 is 9.22 Å². The van der Waals surface area contributed by atoms with Crippen molar-refractivity contribution in [2.24, 2.45) is 6.98 Å². The Hall–Kier alpha value is -1.48. The van der Waals surface area contributed by atoms with Gasteiger partial charge in [-0.05, 0) is 17.7 Å². The van der Waals surface area contributed by atoms with E-state index < -0.39 is 6.98 Å². The van der Waals surface area contributed by atoms with E-state index in [0.717, 1.165) is 10.2 Å². The Morgan fingerprint density at radius 3 is 2.93 bits per heavy atom. The quantitative estimate of drug-likeness (QED) is 0.789. The lowest BCUT2D eigenvalue weighted by Crippen LogP contribution is -1.84. The van der Waals surface area contributed by atoms with Gasteiger partial charge in [-0.3, -0.25) is 4.68 Å². The minimum absolute atomic E-state index is 0. The monoisotopic (exact) mass is 213 g/mol. The van der Waals surface area contributed by atoms with Crippen LogP contribution in [0.25, 0.3) is 11.1 Å². The fraction of sp³-hybridized carbons (Fsp3) is 0.100. The van der Waals surface area contributed by atoms with E-state index in [2.05, 4.69) is 5.10 Å². The van der Waals surface area contributed by atoms with Crippen molar-refractivity contribution in [3.8, 4) is 16.9 Å². The number of halogens is 1. The molecule has 0 aliphatic carbocycles. The Labute approximate surface area is 92.6 Å². The van der Waals surface area contributed by atoms with E-state index in [1.165, 1.54) is 12.4 Å². The number of aromatic nitrogens is 2. The first-order valence-corrected chi connectivity index (χ1v) is 3.81. The van der Waals surface area contributed by atoms with Gasteiger partial charge in [0.05, 0.1) is 6.20 Å². The number of phenols is 1. The lowest BCUT2D eigenvalue weighted by molar-refractivity contribution is 0.475. The fourth-order valence-corrected chi connectivity index (χ4v) is 1.16. The Morgan fingerprint density at radius 1 is 1.43 bits per heavy atom. The number of nitrogens with zero attached hydrogens (tertiary/aromatic N) is 2. The molecule has 0 fully saturated rings. The van der Waals surface area contributed by atoms with Crippen LogP contribution in [-0.4, -0.2) is 14.9 Å². The Balaban J connectivity index is 0.00000144. The molecule has 0 aliphatic heterocycles. The van der Waals surface area contributed by atoms with Crippen LogP contribution >= 0.6 is 12.4 Å². The van der Waals surface area contributed by atoms with Gasteiger partial charge >= 0.3 is 0 Å². The largest absolute Gasteiger partial charge is 0.508 e. The van der Waals surface area contributed by atoms with E-state index in [4.69, 9.17) is 4.11 Å². The minimum Gasteiger partial charge on any atom is -0.508 e. The van der Waals surface area contributed by atoms with Crippen LogP contribution < -0.4 is 0 Å². The molecule has 1 aromatic carbocycles. The highest BCUT2D eigenvalue weighted by molar-refractivity contribution is 5.85. The zero-order valence-corrected chi connectivity index (χ0v) is 8.03. The van der Waals surface area contributed by atoms with E-state index in [0.29, 0.717) is 5.56 Å². The third-order valence-electron chi connectivity index (χ3n) is 1.76. The third-order valence-corrected chi connectivity index (χ3v) is 1.76. The molecule has 1 N–H and O–H groups in total. The van der Waals surface area contributed by atoms with E-state index in [1.807, 2.05) is 0 Å². The number of hydrogen-bond donors (Lipinski definition) is 1. The summed E-state index contributed by atoms with van der Waals surface area (Å²) in [6.45, 7) is -2.27. The number of benzene rings is 1. The van der Waals surface area contributed by atoms with Crippen LogP contribution in [0.1, 0.15) is 4.11 Å². The van der Waals surface area contributed by atoms with E-state index in [-0.39, 0.29) is 18.2 Å². The first-order chi connectivity index (χ1) is 7.47. The maximum absolute atomic E-state index is 9.30. The fourth-order valence-electron chi connectivity index (χ4n) is 1.16. The normalized spacial score (nSPS) is 13.6. The van der Waals surface area contributed by atoms with Crippen molar-refractivity contribution >= 4 is 12.4 Å². The highest BCUT2D eigenvalue weighted by atomic mass is 35.5. The molecule has 0 aliphatic rings. The molecule has 0 bridgehead atoms. The van der Waals surface area contributed by atoms with Crippen LogP contribution in [0.2, 0.25) is 0 Å². The molecule has 3 nitrogen and oxygen atoms in total.